The maximum Gasteiger partial charge on any atom is 0.108 e. The molecular formula is C9H16O. The Morgan fingerprint density at radius 2 is 1.90 bits per heavy atom. The molecule has 0 saturated heterocycles. The highest BCUT2D eigenvalue weighted by atomic mass is 16.3. The number of allylic oxidation sites excluding steroid dienone is 3. The molecule has 10 heavy (non-hydrogen) atoms. The third-order valence-electron chi connectivity index (χ3n) is 0.425. The lowest BCUT2D eigenvalue weighted by Crippen LogP contribution is -1.62. The largest absolute Gasteiger partial charge is 0.509 e. The summed E-state index contributed by atoms with van der Waals surface area (Å²) in [5.74, 6) is 0.0555. The van der Waals surface area contributed by atoms with E-state index in [9.17, 15) is 0 Å². The van der Waals surface area contributed by atoms with Gasteiger partial charge in [-0.2, -0.15) is 0 Å². The molecule has 0 aromatic heterocycles. The fourth-order valence-corrected chi connectivity index (χ4v) is 0.179. The lowest BCUT2D eigenvalue weighted by molar-refractivity contribution is 0.435. The highest BCUT2D eigenvalue weighted by molar-refractivity contribution is 5.10. The molecule has 0 rings (SSSR count). The van der Waals surface area contributed by atoms with Gasteiger partial charge in [-0.25, -0.2) is 0 Å². The summed E-state index contributed by atoms with van der Waals surface area (Å²) in [6.45, 7) is 10.9. The van der Waals surface area contributed by atoms with Gasteiger partial charge in [0.2, 0.25) is 0 Å². The molecule has 1 nitrogen and oxygen atoms in total. The van der Waals surface area contributed by atoms with E-state index in [4.69, 9.17) is 5.11 Å². The van der Waals surface area contributed by atoms with Crippen LogP contribution in [0.3, 0.4) is 0 Å². The summed E-state index contributed by atoms with van der Waals surface area (Å²) in [5.41, 5.74) is 0. The quantitative estimate of drug-likeness (QED) is 0.461. The van der Waals surface area contributed by atoms with E-state index in [0.29, 0.717) is 0 Å². The standard InChI is InChI=1S/C6H8O.C3H8/c1-3-4-5-6(2)7;1-3-2/h3-5,7H,1-2H2;3H2,1-2H3/b5-4-;. The topological polar surface area (TPSA) is 20.2 Å². The van der Waals surface area contributed by atoms with E-state index in [0.717, 1.165) is 0 Å². The van der Waals surface area contributed by atoms with E-state index in [2.05, 4.69) is 27.0 Å². The number of rotatable bonds is 2. The van der Waals surface area contributed by atoms with Crippen LogP contribution < -0.4 is 0 Å². The molecule has 0 aliphatic carbocycles. The molecular weight excluding hydrogens is 124 g/mol. The summed E-state index contributed by atoms with van der Waals surface area (Å²) in [7, 11) is 0. The SMILES string of the molecule is C=C/C=C\C(=C)O.CCC. The average molecular weight is 140 g/mol. The van der Waals surface area contributed by atoms with Crippen molar-refractivity contribution in [3.05, 3.63) is 37.1 Å². The Balaban J connectivity index is 0. The van der Waals surface area contributed by atoms with Crippen LogP contribution in [-0.2, 0) is 0 Å². The highest BCUT2D eigenvalue weighted by Crippen LogP contribution is 1.82. The van der Waals surface area contributed by atoms with Gasteiger partial charge in [-0.15, -0.1) is 0 Å². The summed E-state index contributed by atoms with van der Waals surface area (Å²) in [5, 5.41) is 8.35. The molecule has 58 valence electrons. The maximum atomic E-state index is 8.35. The van der Waals surface area contributed by atoms with Gasteiger partial charge in [0.25, 0.3) is 0 Å². The molecule has 0 saturated carbocycles. The van der Waals surface area contributed by atoms with E-state index in [1.807, 2.05) is 0 Å². The Morgan fingerprint density at radius 1 is 1.50 bits per heavy atom. The van der Waals surface area contributed by atoms with Crippen molar-refractivity contribution < 1.29 is 5.11 Å². The van der Waals surface area contributed by atoms with Crippen LogP contribution >= 0.6 is 0 Å². The number of aliphatic hydroxyl groups is 1. The van der Waals surface area contributed by atoms with Gasteiger partial charge in [0.15, 0.2) is 0 Å². The van der Waals surface area contributed by atoms with Crippen molar-refractivity contribution >= 4 is 0 Å². The van der Waals surface area contributed by atoms with Crippen LogP contribution in [0, 0.1) is 0 Å². The van der Waals surface area contributed by atoms with Crippen LogP contribution in [0.15, 0.2) is 37.1 Å². The molecule has 0 spiro atoms. The predicted molar refractivity (Wildman–Crippen MR) is 47.1 cm³/mol. The van der Waals surface area contributed by atoms with Crippen molar-refractivity contribution in [3.63, 3.8) is 0 Å². The molecule has 0 aromatic carbocycles. The van der Waals surface area contributed by atoms with Gasteiger partial charge >= 0.3 is 0 Å². The lowest BCUT2D eigenvalue weighted by atomic mass is 10.4. The molecule has 0 amide bonds. The first-order valence-electron chi connectivity index (χ1n) is 3.35. The molecule has 1 N–H and O–H groups in total. The minimum absolute atomic E-state index is 0.0555. The Hall–Kier alpha value is -0.980. The van der Waals surface area contributed by atoms with Gasteiger partial charge in [0.1, 0.15) is 5.76 Å². The lowest BCUT2D eigenvalue weighted by Gasteiger charge is -1.77. The second kappa shape index (κ2) is 10.9. The van der Waals surface area contributed by atoms with E-state index in [1.165, 1.54) is 12.5 Å². The van der Waals surface area contributed by atoms with Gasteiger partial charge in [-0.3, -0.25) is 0 Å². The Kier molecular flexibility index (Phi) is 12.8. The van der Waals surface area contributed by atoms with Crippen molar-refractivity contribution in [2.45, 2.75) is 20.3 Å². The predicted octanol–water partition coefficient (Wildman–Crippen LogP) is 3.22. The van der Waals surface area contributed by atoms with Crippen LogP contribution in [-0.4, -0.2) is 5.11 Å². The first-order valence-corrected chi connectivity index (χ1v) is 3.35. The summed E-state index contributed by atoms with van der Waals surface area (Å²) >= 11 is 0. The van der Waals surface area contributed by atoms with Crippen molar-refractivity contribution in [2.24, 2.45) is 0 Å². The van der Waals surface area contributed by atoms with Crippen molar-refractivity contribution in [3.8, 4) is 0 Å². The molecule has 0 unspecified atom stereocenters. The Morgan fingerprint density at radius 3 is 2.00 bits per heavy atom. The third-order valence-corrected chi connectivity index (χ3v) is 0.425. The molecule has 0 atom stereocenters. The molecule has 0 aromatic rings. The fourth-order valence-electron chi connectivity index (χ4n) is 0.179. The fraction of sp³-hybridized carbons (Fsp3) is 0.333. The number of hydrogen-bond donors (Lipinski definition) is 1. The maximum absolute atomic E-state index is 8.35. The second-order valence-electron chi connectivity index (χ2n) is 1.79. The van der Waals surface area contributed by atoms with Gasteiger partial charge < -0.3 is 5.11 Å². The first-order chi connectivity index (χ1) is 4.68. The minimum atomic E-state index is 0.0555. The van der Waals surface area contributed by atoms with Gasteiger partial charge in [-0.1, -0.05) is 45.6 Å². The average Bonchev–Trinajstić information content (AvgIpc) is 1.85. The zero-order valence-electron chi connectivity index (χ0n) is 6.80. The zero-order valence-corrected chi connectivity index (χ0v) is 6.80. The van der Waals surface area contributed by atoms with Crippen LogP contribution in [0.25, 0.3) is 0 Å². The molecule has 0 fully saturated rings. The minimum Gasteiger partial charge on any atom is -0.509 e. The second-order valence-corrected chi connectivity index (χ2v) is 1.79. The van der Waals surface area contributed by atoms with Gasteiger partial charge in [-0.05, 0) is 6.08 Å². The van der Waals surface area contributed by atoms with E-state index < -0.39 is 0 Å². The van der Waals surface area contributed by atoms with E-state index in [1.54, 1.807) is 12.2 Å². The summed E-state index contributed by atoms with van der Waals surface area (Å²) < 4.78 is 0. The van der Waals surface area contributed by atoms with Crippen LogP contribution in [0.2, 0.25) is 0 Å². The Labute approximate surface area is 63.4 Å². The van der Waals surface area contributed by atoms with Crippen LogP contribution in [0.5, 0.6) is 0 Å². The van der Waals surface area contributed by atoms with Gasteiger partial charge in [0.05, 0.1) is 0 Å². The first kappa shape index (κ1) is 11.8. The summed E-state index contributed by atoms with van der Waals surface area (Å²) in [6, 6.07) is 0. The van der Waals surface area contributed by atoms with Crippen molar-refractivity contribution in [1.29, 1.82) is 0 Å². The third kappa shape index (κ3) is 27.9. The van der Waals surface area contributed by atoms with Crippen LogP contribution in [0.4, 0.5) is 0 Å². The number of aliphatic hydroxyl groups excluding tert-OH is 1. The molecule has 0 aliphatic heterocycles. The highest BCUT2D eigenvalue weighted by Gasteiger charge is 1.68. The van der Waals surface area contributed by atoms with E-state index >= 15 is 0 Å². The van der Waals surface area contributed by atoms with Crippen LogP contribution in [0.1, 0.15) is 20.3 Å². The van der Waals surface area contributed by atoms with Crippen molar-refractivity contribution in [2.75, 3.05) is 0 Å². The normalized spacial score (nSPS) is 8.20. The molecule has 0 bridgehead atoms. The van der Waals surface area contributed by atoms with Crippen molar-refractivity contribution in [1.82, 2.24) is 0 Å². The summed E-state index contributed by atoms with van der Waals surface area (Å²) in [4.78, 5) is 0. The molecule has 0 aliphatic rings. The molecule has 1 heteroatoms. The smallest absolute Gasteiger partial charge is 0.108 e. The molecule has 0 radical (unpaired) electrons. The van der Waals surface area contributed by atoms with E-state index in [-0.39, 0.29) is 5.76 Å². The Bertz CT molecular complexity index is 112. The summed E-state index contributed by atoms with van der Waals surface area (Å²) in [6.07, 6.45) is 5.90. The number of hydrogen-bond acceptors (Lipinski definition) is 1. The monoisotopic (exact) mass is 140 g/mol. The zero-order chi connectivity index (χ0) is 8.41. The molecule has 0 heterocycles. The van der Waals surface area contributed by atoms with Gasteiger partial charge in [0, 0.05) is 0 Å².